The van der Waals surface area contributed by atoms with Crippen LogP contribution in [0, 0.1) is 0 Å². The van der Waals surface area contributed by atoms with Crippen molar-refractivity contribution in [2.75, 3.05) is 6.54 Å². The predicted molar refractivity (Wildman–Crippen MR) is 34.4 cm³/mol. The van der Waals surface area contributed by atoms with Crippen LogP contribution < -0.4 is 11.1 Å². The molecule has 0 atom stereocenters. The third-order valence-corrected chi connectivity index (χ3v) is 1.12. The zero-order valence-corrected chi connectivity index (χ0v) is 4.92. The zero-order valence-electron chi connectivity index (χ0n) is 4.92. The number of nitrogens with one attached hydrogen (secondary N) is 1. The molecule has 0 bridgehead atoms. The third-order valence-electron chi connectivity index (χ3n) is 1.12. The molecule has 9 heavy (non-hydrogen) atoms. The molecule has 3 nitrogen and oxygen atoms in total. The van der Waals surface area contributed by atoms with Gasteiger partial charge in [-0.3, -0.25) is 4.79 Å². The number of primary amides is 1. The number of dihydropyridines is 1. The molecule has 0 unspecified atom stereocenters. The molecule has 1 rings (SSSR count). The summed E-state index contributed by atoms with van der Waals surface area (Å²) in [6.45, 7) is 0.547. The molecular weight excluding hydrogens is 116 g/mol. The second-order valence-corrected chi connectivity index (χ2v) is 1.80. The fourth-order valence-electron chi connectivity index (χ4n) is 0.629. The first-order valence-electron chi connectivity index (χ1n) is 2.69. The van der Waals surface area contributed by atoms with Gasteiger partial charge in [-0.25, -0.2) is 0 Å². The van der Waals surface area contributed by atoms with Gasteiger partial charge in [0, 0.05) is 12.1 Å². The van der Waals surface area contributed by atoms with E-state index in [2.05, 4.69) is 5.32 Å². The van der Waals surface area contributed by atoms with Crippen LogP contribution in [0.2, 0.25) is 0 Å². The van der Waals surface area contributed by atoms with E-state index in [-0.39, 0.29) is 5.91 Å². The Morgan fingerprint density at radius 3 is 2.89 bits per heavy atom. The Hall–Kier alpha value is -1.25. The molecule has 3 N–H and O–H groups in total. The number of hydrogen-bond acceptors (Lipinski definition) is 2. The number of carbonyl (C=O) groups excluding carboxylic acids is 1. The lowest BCUT2D eigenvalue weighted by molar-refractivity contribution is -0.114. The summed E-state index contributed by atoms with van der Waals surface area (Å²) in [5.74, 6) is -0.355. The molecule has 1 amide bonds. The fraction of sp³-hybridized carbons (Fsp3) is 0.167. The first-order valence-corrected chi connectivity index (χ1v) is 2.69. The van der Waals surface area contributed by atoms with Crippen LogP contribution in [0.1, 0.15) is 0 Å². The number of carbonyl (C=O) groups is 1. The Morgan fingerprint density at radius 2 is 2.56 bits per heavy atom. The lowest BCUT2D eigenvalue weighted by Gasteiger charge is -2.05. The Bertz CT molecular complexity index is 181. The van der Waals surface area contributed by atoms with Gasteiger partial charge in [0.2, 0.25) is 5.91 Å². The van der Waals surface area contributed by atoms with Crippen LogP contribution in [0.3, 0.4) is 0 Å². The second kappa shape index (κ2) is 2.35. The lowest BCUT2D eigenvalue weighted by atomic mass is 10.2. The largest absolute Gasteiger partial charge is 0.387 e. The van der Waals surface area contributed by atoms with Crippen LogP contribution in [-0.2, 0) is 4.79 Å². The highest BCUT2D eigenvalue weighted by Crippen LogP contribution is 1.95. The van der Waals surface area contributed by atoms with Crippen LogP contribution in [-0.4, -0.2) is 12.5 Å². The topological polar surface area (TPSA) is 55.1 Å². The lowest BCUT2D eigenvalue weighted by Crippen LogP contribution is -2.23. The van der Waals surface area contributed by atoms with Gasteiger partial charge in [0.25, 0.3) is 0 Å². The molecule has 0 aromatic rings. The zero-order chi connectivity index (χ0) is 6.69. The highest BCUT2D eigenvalue weighted by molar-refractivity contribution is 5.92. The average Bonchev–Trinajstić information content (AvgIpc) is 1.90. The molecule has 0 fully saturated rings. The van der Waals surface area contributed by atoms with Gasteiger partial charge in [-0.05, 0) is 12.3 Å². The van der Waals surface area contributed by atoms with Crippen LogP contribution in [0.4, 0.5) is 0 Å². The molecule has 0 aliphatic carbocycles. The van der Waals surface area contributed by atoms with Crippen LogP contribution in [0.5, 0.6) is 0 Å². The first kappa shape index (κ1) is 5.88. The van der Waals surface area contributed by atoms with E-state index in [1.807, 2.05) is 0 Å². The Balaban J connectivity index is 2.68. The van der Waals surface area contributed by atoms with E-state index in [4.69, 9.17) is 5.73 Å². The van der Waals surface area contributed by atoms with Crippen LogP contribution >= 0.6 is 0 Å². The minimum absolute atomic E-state index is 0.355. The number of hydrogen-bond donors (Lipinski definition) is 2. The van der Waals surface area contributed by atoms with Crippen LogP contribution in [0.15, 0.2) is 23.9 Å². The van der Waals surface area contributed by atoms with Crippen molar-refractivity contribution in [3.8, 4) is 0 Å². The van der Waals surface area contributed by atoms with Crippen molar-refractivity contribution in [2.45, 2.75) is 0 Å². The summed E-state index contributed by atoms with van der Waals surface area (Å²) in [4.78, 5) is 10.4. The van der Waals surface area contributed by atoms with E-state index in [0.29, 0.717) is 12.1 Å². The van der Waals surface area contributed by atoms with Gasteiger partial charge in [-0.15, -0.1) is 0 Å². The van der Waals surface area contributed by atoms with Gasteiger partial charge in [-0.1, -0.05) is 6.08 Å². The molecule has 1 heterocycles. The summed E-state index contributed by atoms with van der Waals surface area (Å²) in [7, 11) is 0. The van der Waals surface area contributed by atoms with Gasteiger partial charge in [0.05, 0.1) is 0 Å². The Morgan fingerprint density at radius 1 is 1.78 bits per heavy atom. The normalized spacial score (nSPS) is 16.2. The molecule has 0 saturated heterocycles. The minimum Gasteiger partial charge on any atom is -0.387 e. The first-order chi connectivity index (χ1) is 4.30. The van der Waals surface area contributed by atoms with Gasteiger partial charge in [0.1, 0.15) is 0 Å². The number of rotatable bonds is 1. The molecule has 0 radical (unpaired) electrons. The highest BCUT2D eigenvalue weighted by Gasteiger charge is 2.02. The Labute approximate surface area is 53.2 Å². The van der Waals surface area contributed by atoms with E-state index in [1.165, 1.54) is 0 Å². The van der Waals surface area contributed by atoms with Crippen LogP contribution in [0.25, 0.3) is 0 Å². The van der Waals surface area contributed by atoms with Gasteiger partial charge >= 0.3 is 0 Å². The quantitative estimate of drug-likeness (QED) is 0.496. The predicted octanol–water partition coefficient (Wildman–Crippen LogP) is -0.485. The van der Waals surface area contributed by atoms with E-state index in [0.717, 1.165) is 0 Å². The second-order valence-electron chi connectivity index (χ2n) is 1.80. The van der Waals surface area contributed by atoms with Crippen molar-refractivity contribution in [1.82, 2.24) is 5.32 Å². The monoisotopic (exact) mass is 124 g/mol. The summed E-state index contributed by atoms with van der Waals surface area (Å²) >= 11 is 0. The molecule has 0 saturated carbocycles. The maximum atomic E-state index is 10.4. The van der Waals surface area contributed by atoms with Crippen molar-refractivity contribution in [3.05, 3.63) is 23.9 Å². The molecule has 0 spiro atoms. The van der Waals surface area contributed by atoms with E-state index < -0.39 is 0 Å². The number of allylic oxidation sites excluding steroid dienone is 2. The minimum atomic E-state index is -0.355. The molecule has 1 aliphatic rings. The van der Waals surface area contributed by atoms with Gasteiger partial charge in [-0.2, -0.15) is 0 Å². The molecule has 48 valence electrons. The molecule has 0 aromatic heterocycles. The van der Waals surface area contributed by atoms with Crippen molar-refractivity contribution in [2.24, 2.45) is 5.73 Å². The van der Waals surface area contributed by atoms with Crippen molar-refractivity contribution < 1.29 is 4.79 Å². The SMILES string of the molecule is NC(=O)C1=CC=CNC1. The number of amides is 1. The molecule has 1 aliphatic heterocycles. The van der Waals surface area contributed by atoms with Crippen molar-refractivity contribution in [3.63, 3.8) is 0 Å². The summed E-state index contributed by atoms with van der Waals surface area (Å²) in [5, 5.41) is 2.87. The van der Waals surface area contributed by atoms with Crippen molar-refractivity contribution in [1.29, 1.82) is 0 Å². The maximum Gasteiger partial charge on any atom is 0.246 e. The Kier molecular flexibility index (Phi) is 1.53. The summed E-state index contributed by atoms with van der Waals surface area (Å²) < 4.78 is 0. The molecule has 0 aromatic carbocycles. The number of nitrogens with two attached hydrogens (primary N) is 1. The highest BCUT2D eigenvalue weighted by atomic mass is 16.1. The van der Waals surface area contributed by atoms with Gasteiger partial charge < -0.3 is 11.1 Å². The maximum absolute atomic E-state index is 10.4. The summed E-state index contributed by atoms with van der Waals surface area (Å²) in [6.07, 6.45) is 5.23. The standard InChI is InChI=1S/C6H8N2O/c7-6(9)5-2-1-3-8-4-5/h1-3,8H,4H2,(H2,7,9). The van der Waals surface area contributed by atoms with Crippen molar-refractivity contribution >= 4 is 5.91 Å². The third kappa shape index (κ3) is 1.32. The van der Waals surface area contributed by atoms with Gasteiger partial charge in [0.15, 0.2) is 0 Å². The molecule has 3 heteroatoms. The fourth-order valence-corrected chi connectivity index (χ4v) is 0.629. The summed E-state index contributed by atoms with van der Waals surface area (Å²) in [5.41, 5.74) is 5.61. The van der Waals surface area contributed by atoms with E-state index >= 15 is 0 Å². The van der Waals surface area contributed by atoms with E-state index in [1.54, 1.807) is 18.4 Å². The average molecular weight is 124 g/mol. The molecular formula is C6H8N2O. The summed E-state index contributed by atoms with van der Waals surface area (Å²) in [6, 6.07) is 0. The smallest absolute Gasteiger partial charge is 0.246 e. The van der Waals surface area contributed by atoms with E-state index in [9.17, 15) is 4.79 Å².